The predicted octanol–water partition coefficient (Wildman–Crippen LogP) is 1.64. The summed E-state index contributed by atoms with van der Waals surface area (Å²) < 4.78 is 0. The van der Waals surface area contributed by atoms with Gasteiger partial charge in [-0.2, -0.15) is 5.90 Å². The lowest BCUT2D eigenvalue weighted by atomic mass is 10.0. The first-order valence-electron chi connectivity index (χ1n) is 4.90. The van der Waals surface area contributed by atoms with Crippen molar-refractivity contribution in [2.24, 2.45) is 5.90 Å². The highest BCUT2D eigenvalue weighted by atomic mass is 16.6. The Morgan fingerprint density at radius 1 is 1.36 bits per heavy atom. The van der Waals surface area contributed by atoms with E-state index >= 15 is 0 Å². The Kier molecular flexibility index (Phi) is 4.43. The van der Waals surface area contributed by atoms with E-state index < -0.39 is 0 Å². The standard InChI is InChI=1S/C11H17NO2/c1-2-3-10(13)8-9-4-6-11(14-12)7-5-9/h4-7,10,13H,2-3,8,12H2,1H3. The van der Waals surface area contributed by atoms with E-state index in [1.807, 2.05) is 12.1 Å². The molecule has 78 valence electrons. The zero-order valence-corrected chi connectivity index (χ0v) is 8.44. The lowest BCUT2D eigenvalue weighted by Crippen LogP contribution is -2.09. The van der Waals surface area contributed by atoms with Crippen LogP contribution in [0.2, 0.25) is 0 Å². The molecule has 0 spiro atoms. The van der Waals surface area contributed by atoms with Crippen LogP contribution in [0.3, 0.4) is 0 Å². The third-order valence-electron chi connectivity index (χ3n) is 2.15. The van der Waals surface area contributed by atoms with E-state index in [1.54, 1.807) is 12.1 Å². The molecule has 0 saturated carbocycles. The fourth-order valence-electron chi connectivity index (χ4n) is 1.41. The number of benzene rings is 1. The highest BCUT2D eigenvalue weighted by Gasteiger charge is 2.03. The molecule has 0 amide bonds. The minimum absolute atomic E-state index is 0.246. The van der Waals surface area contributed by atoms with Crippen LogP contribution >= 0.6 is 0 Å². The summed E-state index contributed by atoms with van der Waals surface area (Å²) in [7, 11) is 0. The first kappa shape index (κ1) is 11.0. The smallest absolute Gasteiger partial charge is 0.146 e. The Morgan fingerprint density at radius 3 is 2.50 bits per heavy atom. The molecule has 1 unspecified atom stereocenters. The van der Waals surface area contributed by atoms with E-state index in [4.69, 9.17) is 5.90 Å². The summed E-state index contributed by atoms with van der Waals surface area (Å²) in [6.07, 6.45) is 2.29. The number of aliphatic hydroxyl groups is 1. The van der Waals surface area contributed by atoms with Crippen LogP contribution in [0.1, 0.15) is 25.3 Å². The third kappa shape index (κ3) is 3.36. The highest BCUT2D eigenvalue weighted by Crippen LogP contribution is 2.13. The van der Waals surface area contributed by atoms with Crippen molar-refractivity contribution in [1.29, 1.82) is 0 Å². The molecular weight excluding hydrogens is 178 g/mol. The van der Waals surface area contributed by atoms with Crippen LogP contribution in [0, 0.1) is 0 Å². The molecule has 1 atom stereocenters. The second-order valence-electron chi connectivity index (χ2n) is 3.41. The van der Waals surface area contributed by atoms with E-state index in [2.05, 4.69) is 11.8 Å². The van der Waals surface area contributed by atoms with Crippen molar-refractivity contribution in [3.05, 3.63) is 29.8 Å². The van der Waals surface area contributed by atoms with Crippen molar-refractivity contribution in [3.8, 4) is 5.75 Å². The lowest BCUT2D eigenvalue weighted by molar-refractivity contribution is 0.164. The maximum Gasteiger partial charge on any atom is 0.146 e. The van der Waals surface area contributed by atoms with Crippen LogP contribution in [-0.4, -0.2) is 11.2 Å². The van der Waals surface area contributed by atoms with Gasteiger partial charge in [0, 0.05) is 0 Å². The molecule has 3 nitrogen and oxygen atoms in total. The Bertz CT molecular complexity index is 258. The normalized spacial score (nSPS) is 12.5. The summed E-state index contributed by atoms with van der Waals surface area (Å²) in [5.74, 6) is 5.64. The maximum atomic E-state index is 9.57. The molecule has 14 heavy (non-hydrogen) atoms. The SMILES string of the molecule is CCCC(O)Cc1ccc(ON)cc1. The van der Waals surface area contributed by atoms with E-state index in [0.717, 1.165) is 18.4 Å². The Labute approximate surface area is 84.5 Å². The highest BCUT2D eigenvalue weighted by molar-refractivity contribution is 5.27. The van der Waals surface area contributed by atoms with Crippen molar-refractivity contribution in [2.45, 2.75) is 32.3 Å². The summed E-state index contributed by atoms with van der Waals surface area (Å²) >= 11 is 0. The minimum atomic E-state index is -0.246. The predicted molar refractivity (Wildman–Crippen MR) is 55.9 cm³/mol. The molecular formula is C11H17NO2. The molecule has 1 aromatic carbocycles. The molecule has 0 fully saturated rings. The third-order valence-corrected chi connectivity index (χ3v) is 2.15. The van der Waals surface area contributed by atoms with Crippen molar-refractivity contribution < 1.29 is 9.94 Å². The van der Waals surface area contributed by atoms with Gasteiger partial charge in [0.2, 0.25) is 0 Å². The Hall–Kier alpha value is -1.06. The van der Waals surface area contributed by atoms with Gasteiger partial charge in [0.05, 0.1) is 6.10 Å². The van der Waals surface area contributed by atoms with E-state index in [1.165, 1.54) is 0 Å². The van der Waals surface area contributed by atoms with Gasteiger partial charge in [-0.15, -0.1) is 0 Å². The van der Waals surface area contributed by atoms with Crippen LogP contribution in [0.5, 0.6) is 5.75 Å². The summed E-state index contributed by atoms with van der Waals surface area (Å²) in [6.45, 7) is 2.06. The molecule has 0 heterocycles. The minimum Gasteiger partial charge on any atom is -0.412 e. The molecule has 3 heteroatoms. The maximum absolute atomic E-state index is 9.57. The topological polar surface area (TPSA) is 55.5 Å². The molecule has 3 N–H and O–H groups in total. The fourth-order valence-corrected chi connectivity index (χ4v) is 1.41. The zero-order chi connectivity index (χ0) is 10.4. The average Bonchev–Trinajstić information content (AvgIpc) is 2.19. The molecule has 0 aromatic heterocycles. The first-order valence-corrected chi connectivity index (χ1v) is 4.90. The monoisotopic (exact) mass is 195 g/mol. The van der Waals surface area contributed by atoms with Crippen LogP contribution in [-0.2, 0) is 6.42 Å². The number of rotatable bonds is 5. The Morgan fingerprint density at radius 2 is 2.00 bits per heavy atom. The molecule has 0 aliphatic heterocycles. The van der Waals surface area contributed by atoms with Gasteiger partial charge >= 0.3 is 0 Å². The van der Waals surface area contributed by atoms with Gasteiger partial charge in [-0.25, -0.2) is 0 Å². The van der Waals surface area contributed by atoms with E-state index in [-0.39, 0.29) is 6.10 Å². The lowest BCUT2D eigenvalue weighted by Gasteiger charge is -2.09. The van der Waals surface area contributed by atoms with E-state index in [9.17, 15) is 5.11 Å². The van der Waals surface area contributed by atoms with Crippen molar-refractivity contribution >= 4 is 0 Å². The van der Waals surface area contributed by atoms with Gasteiger partial charge in [-0.3, -0.25) is 0 Å². The van der Waals surface area contributed by atoms with Gasteiger partial charge in [0.1, 0.15) is 5.75 Å². The molecule has 0 aliphatic carbocycles. The van der Waals surface area contributed by atoms with Gasteiger partial charge in [0.25, 0.3) is 0 Å². The molecule has 0 aliphatic rings. The molecule has 0 radical (unpaired) electrons. The quantitative estimate of drug-likeness (QED) is 0.702. The number of hydrogen-bond acceptors (Lipinski definition) is 3. The fraction of sp³-hybridized carbons (Fsp3) is 0.455. The summed E-state index contributed by atoms with van der Waals surface area (Å²) in [5.41, 5.74) is 1.10. The van der Waals surface area contributed by atoms with Crippen LogP contribution in [0.25, 0.3) is 0 Å². The van der Waals surface area contributed by atoms with Gasteiger partial charge < -0.3 is 9.94 Å². The second-order valence-corrected chi connectivity index (χ2v) is 3.41. The second kappa shape index (κ2) is 5.62. The van der Waals surface area contributed by atoms with Gasteiger partial charge in [-0.05, 0) is 30.5 Å². The molecule has 1 aromatic rings. The molecule has 1 rings (SSSR count). The van der Waals surface area contributed by atoms with Crippen molar-refractivity contribution in [1.82, 2.24) is 0 Å². The number of aliphatic hydroxyl groups excluding tert-OH is 1. The van der Waals surface area contributed by atoms with Crippen LogP contribution < -0.4 is 10.7 Å². The Balaban J connectivity index is 2.50. The first-order chi connectivity index (χ1) is 6.76. The number of nitrogens with two attached hydrogens (primary N) is 1. The average molecular weight is 195 g/mol. The van der Waals surface area contributed by atoms with Crippen molar-refractivity contribution in [3.63, 3.8) is 0 Å². The van der Waals surface area contributed by atoms with Crippen LogP contribution in [0.15, 0.2) is 24.3 Å². The number of hydrogen-bond donors (Lipinski definition) is 2. The van der Waals surface area contributed by atoms with Crippen molar-refractivity contribution in [2.75, 3.05) is 0 Å². The zero-order valence-electron chi connectivity index (χ0n) is 8.44. The largest absolute Gasteiger partial charge is 0.412 e. The summed E-state index contributed by atoms with van der Waals surface area (Å²) in [4.78, 5) is 4.56. The molecule has 0 saturated heterocycles. The summed E-state index contributed by atoms with van der Waals surface area (Å²) in [5, 5.41) is 9.57. The van der Waals surface area contributed by atoms with Gasteiger partial charge in [0.15, 0.2) is 0 Å². The van der Waals surface area contributed by atoms with Gasteiger partial charge in [-0.1, -0.05) is 25.5 Å². The molecule has 0 bridgehead atoms. The van der Waals surface area contributed by atoms with Crippen LogP contribution in [0.4, 0.5) is 0 Å². The summed E-state index contributed by atoms with van der Waals surface area (Å²) in [6, 6.07) is 7.43. The van der Waals surface area contributed by atoms with E-state index in [0.29, 0.717) is 12.2 Å².